The maximum absolute atomic E-state index is 13.7. The summed E-state index contributed by atoms with van der Waals surface area (Å²) in [4.78, 5) is 11.9. The fourth-order valence-electron chi connectivity index (χ4n) is 5.25. The molecule has 0 radical (unpaired) electrons. The minimum atomic E-state index is -0.886. The number of aryl methyl sites for hydroxylation is 1. The molecule has 0 spiro atoms. The van der Waals surface area contributed by atoms with Crippen molar-refractivity contribution in [3.63, 3.8) is 0 Å². The lowest BCUT2D eigenvalue weighted by atomic mass is 9.80. The first kappa shape index (κ1) is 25.7. The molecule has 0 fully saturated rings. The summed E-state index contributed by atoms with van der Waals surface area (Å²) in [5.41, 5.74) is 5.13. The van der Waals surface area contributed by atoms with Gasteiger partial charge in [-0.15, -0.1) is 0 Å². The molecule has 3 aromatic rings. The SMILES string of the molecule is COc1cc([C@@H](C)NCCC[C@@H]2C[C@@H](c3ccc(C)c(C(=O)O)c3C)c3ccccc3O2)ccc1F. The Labute approximate surface area is 212 Å². The maximum Gasteiger partial charge on any atom is 0.336 e. The molecule has 0 amide bonds. The molecule has 1 heterocycles. The number of para-hydroxylation sites is 1. The van der Waals surface area contributed by atoms with Crippen molar-refractivity contribution in [2.75, 3.05) is 13.7 Å². The normalized spacial score (nSPS) is 17.7. The number of rotatable bonds is 9. The molecule has 0 aromatic heterocycles. The highest BCUT2D eigenvalue weighted by Gasteiger charge is 2.31. The molecule has 2 N–H and O–H groups in total. The van der Waals surface area contributed by atoms with Crippen LogP contribution in [0.2, 0.25) is 0 Å². The largest absolute Gasteiger partial charge is 0.494 e. The van der Waals surface area contributed by atoms with Crippen molar-refractivity contribution in [3.8, 4) is 11.5 Å². The zero-order valence-electron chi connectivity index (χ0n) is 21.3. The molecular formula is C30H34FNO4. The summed E-state index contributed by atoms with van der Waals surface area (Å²) in [5.74, 6) is -0.0498. The van der Waals surface area contributed by atoms with Crippen molar-refractivity contribution in [2.45, 2.75) is 58.1 Å². The van der Waals surface area contributed by atoms with Crippen LogP contribution < -0.4 is 14.8 Å². The second-order valence-electron chi connectivity index (χ2n) is 9.55. The van der Waals surface area contributed by atoms with E-state index in [1.54, 1.807) is 12.1 Å². The fraction of sp³-hybridized carbons (Fsp3) is 0.367. The number of methoxy groups -OCH3 is 1. The van der Waals surface area contributed by atoms with Crippen molar-refractivity contribution < 1.29 is 23.8 Å². The quantitative estimate of drug-likeness (QED) is 0.332. The first-order valence-corrected chi connectivity index (χ1v) is 12.5. The van der Waals surface area contributed by atoms with Crippen molar-refractivity contribution >= 4 is 5.97 Å². The average Bonchev–Trinajstić information content (AvgIpc) is 2.86. The van der Waals surface area contributed by atoms with Crippen LogP contribution in [0.15, 0.2) is 54.6 Å². The summed E-state index contributed by atoms with van der Waals surface area (Å²) < 4.78 is 25.2. The third-order valence-corrected chi connectivity index (χ3v) is 7.22. The molecule has 0 unspecified atom stereocenters. The Morgan fingerprint density at radius 2 is 1.94 bits per heavy atom. The van der Waals surface area contributed by atoms with E-state index in [1.165, 1.54) is 13.2 Å². The second kappa shape index (κ2) is 11.1. The molecule has 0 saturated heterocycles. The van der Waals surface area contributed by atoms with E-state index in [4.69, 9.17) is 9.47 Å². The van der Waals surface area contributed by atoms with Gasteiger partial charge in [0.15, 0.2) is 11.6 Å². The van der Waals surface area contributed by atoms with Gasteiger partial charge in [0.05, 0.1) is 18.8 Å². The summed E-state index contributed by atoms with van der Waals surface area (Å²) in [6.07, 6.45) is 2.61. The summed E-state index contributed by atoms with van der Waals surface area (Å²) in [5, 5.41) is 13.3. The number of halogens is 1. The summed E-state index contributed by atoms with van der Waals surface area (Å²) in [6, 6.07) is 17.0. The predicted molar refractivity (Wildman–Crippen MR) is 139 cm³/mol. The molecule has 0 bridgehead atoms. The van der Waals surface area contributed by atoms with Crippen LogP contribution in [0.1, 0.15) is 76.3 Å². The van der Waals surface area contributed by atoms with Gasteiger partial charge in [0.1, 0.15) is 5.75 Å². The van der Waals surface area contributed by atoms with Crippen LogP contribution in [-0.4, -0.2) is 30.8 Å². The van der Waals surface area contributed by atoms with Gasteiger partial charge in [-0.2, -0.15) is 0 Å². The number of hydrogen-bond donors (Lipinski definition) is 2. The summed E-state index contributed by atoms with van der Waals surface area (Å²) >= 11 is 0. The van der Waals surface area contributed by atoms with Gasteiger partial charge in [0.25, 0.3) is 0 Å². The van der Waals surface area contributed by atoms with Gasteiger partial charge in [0.2, 0.25) is 0 Å². The van der Waals surface area contributed by atoms with E-state index in [2.05, 4.69) is 24.4 Å². The van der Waals surface area contributed by atoms with Gasteiger partial charge in [-0.05, 0) is 87.0 Å². The molecular weight excluding hydrogens is 457 g/mol. The molecule has 36 heavy (non-hydrogen) atoms. The van der Waals surface area contributed by atoms with Crippen molar-refractivity contribution in [1.82, 2.24) is 5.32 Å². The van der Waals surface area contributed by atoms with Crippen LogP contribution in [0.4, 0.5) is 4.39 Å². The lowest BCUT2D eigenvalue weighted by Gasteiger charge is -2.34. The van der Waals surface area contributed by atoms with Gasteiger partial charge in [-0.25, -0.2) is 9.18 Å². The molecule has 4 rings (SSSR count). The molecule has 190 valence electrons. The monoisotopic (exact) mass is 491 g/mol. The molecule has 0 aliphatic carbocycles. The summed E-state index contributed by atoms with van der Waals surface area (Å²) in [6.45, 7) is 6.60. The zero-order valence-corrected chi connectivity index (χ0v) is 21.3. The number of carboxylic acid groups (broad SMARTS) is 1. The van der Waals surface area contributed by atoms with Crippen LogP contribution in [0, 0.1) is 19.7 Å². The van der Waals surface area contributed by atoms with E-state index in [-0.39, 0.29) is 29.6 Å². The fourth-order valence-corrected chi connectivity index (χ4v) is 5.25. The van der Waals surface area contributed by atoms with Crippen LogP contribution in [0.5, 0.6) is 11.5 Å². The molecule has 3 aromatic carbocycles. The van der Waals surface area contributed by atoms with Gasteiger partial charge in [-0.1, -0.05) is 36.4 Å². The van der Waals surface area contributed by atoms with Gasteiger partial charge >= 0.3 is 5.97 Å². The Kier molecular flexibility index (Phi) is 7.94. The number of hydrogen-bond acceptors (Lipinski definition) is 4. The Morgan fingerprint density at radius 3 is 2.69 bits per heavy atom. The third-order valence-electron chi connectivity index (χ3n) is 7.22. The van der Waals surface area contributed by atoms with E-state index < -0.39 is 5.97 Å². The second-order valence-corrected chi connectivity index (χ2v) is 9.55. The minimum absolute atomic E-state index is 0.0295. The van der Waals surface area contributed by atoms with Crippen LogP contribution >= 0.6 is 0 Å². The van der Waals surface area contributed by atoms with E-state index in [0.717, 1.165) is 59.4 Å². The number of nitrogens with one attached hydrogen (secondary N) is 1. The van der Waals surface area contributed by atoms with Gasteiger partial charge < -0.3 is 19.9 Å². The van der Waals surface area contributed by atoms with E-state index in [9.17, 15) is 14.3 Å². The molecule has 6 heteroatoms. The molecule has 1 aliphatic rings. The molecule has 5 nitrogen and oxygen atoms in total. The van der Waals surface area contributed by atoms with E-state index in [1.807, 2.05) is 38.1 Å². The number of fused-ring (bicyclic) bond motifs is 1. The highest BCUT2D eigenvalue weighted by molar-refractivity contribution is 5.91. The van der Waals surface area contributed by atoms with Gasteiger partial charge in [-0.3, -0.25) is 0 Å². The average molecular weight is 492 g/mol. The van der Waals surface area contributed by atoms with Crippen molar-refractivity contribution in [3.05, 3.63) is 93.8 Å². The standard InChI is InChI=1S/C30H34FNO4/c1-18-11-13-23(19(2)29(18)30(33)34)25-17-22(36-27-10-6-5-9-24(25)27)8-7-15-32-20(3)21-12-14-26(31)28(16-21)35-4/h5-6,9-14,16,20,22,25,32H,7-8,15,17H2,1-4H3,(H,33,34)/t20-,22-,25+/m1/s1. The van der Waals surface area contributed by atoms with Crippen molar-refractivity contribution in [1.29, 1.82) is 0 Å². The maximum atomic E-state index is 13.7. The Balaban J connectivity index is 1.44. The smallest absolute Gasteiger partial charge is 0.336 e. The van der Waals surface area contributed by atoms with E-state index in [0.29, 0.717) is 5.56 Å². The van der Waals surface area contributed by atoms with Gasteiger partial charge in [0, 0.05) is 17.5 Å². The number of aromatic carboxylic acids is 1. The lowest BCUT2D eigenvalue weighted by molar-refractivity contribution is 0.0695. The van der Waals surface area contributed by atoms with Crippen LogP contribution in [0.25, 0.3) is 0 Å². The molecule has 0 saturated carbocycles. The van der Waals surface area contributed by atoms with Crippen molar-refractivity contribution in [2.24, 2.45) is 0 Å². The lowest BCUT2D eigenvalue weighted by Crippen LogP contribution is -2.28. The Hall–Kier alpha value is -3.38. The number of ether oxygens (including phenoxy) is 2. The molecule has 3 atom stereocenters. The van der Waals surface area contributed by atoms with E-state index >= 15 is 0 Å². The zero-order chi connectivity index (χ0) is 25.8. The Bertz CT molecular complexity index is 1240. The summed E-state index contributed by atoms with van der Waals surface area (Å²) in [7, 11) is 1.47. The highest BCUT2D eigenvalue weighted by atomic mass is 19.1. The van der Waals surface area contributed by atoms with Crippen LogP contribution in [-0.2, 0) is 0 Å². The number of benzene rings is 3. The minimum Gasteiger partial charge on any atom is -0.494 e. The first-order valence-electron chi connectivity index (χ1n) is 12.5. The molecule has 1 aliphatic heterocycles. The van der Waals surface area contributed by atoms with Crippen LogP contribution in [0.3, 0.4) is 0 Å². The highest BCUT2D eigenvalue weighted by Crippen LogP contribution is 2.43. The predicted octanol–water partition coefficient (Wildman–Crippen LogP) is 6.56. The Morgan fingerprint density at radius 1 is 1.17 bits per heavy atom. The third kappa shape index (κ3) is 5.39. The number of carbonyl (C=O) groups is 1. The topological polar surface area (TPSA) is 67.8 Å². The number of carboxylic acids is 1. The first-order chi connectivity index (χ1) is 17.3.